The molecule has 0 heterocycles. The van der Waals surface area contributed by atoms with E-state index in [0.717, 1.165) is 6.42 Å². The zero-order chi connectivity index (χ0) is 18.0. The highest BCUT2D eigenvalue weighted by Crippen LogP contribution is 2.32. The first kappa shape index (κ1) is 16.6. The Labute approximate surface area is 144 Å². The summed E-state index contributed by atoms with van der Waals surface area (Å²) in [7, 11) is 0. The van der Waals surface area contributed by atoms with E-state index >= 15 is 0 Å². The normalized spacial score (nSPS) is 18.0. The number of carbonyl (C=O) groups excluding carboxylic acids is 1. The van der Waals surface area contributed by atoms with Crippen molar-refractivity contribution in [2.75, 3.05) is 0 Å². The molecule has 0 saturated heterocycles. The van der Waals surface area contributed by atoms with Crippen molar-refractivity contribution >= 4 is 17.9 Å². The largest absolute Gasteiger partial charge is 0.504 e. The van der Waals surface area contributed by atoms with Gasteiger partial charge in [0.1, 0.15) is 0 Å². The smallest absolute Gasteiger partial charge is 0.185 e. The number of Topliss-reactive ketones (excluding diaryl/α,β-unsaturated/α-hetero) is 1. The van der Waals surface area contributed by atoms with Crippen LogP contribution in [0.5, 0.6) is 23.0 Å². The molecule has 0 aromatic heterocycles. The lowest BCUT2D eigenvalue weighted by Crippen LogP contribution is -2.12. The molecule has 1 saturated carbocycles. The minimum atomic E-state index is -0.229. The van der Waals surface area contributed by atoms with E-state index in [1.807, 2.05) is 0 Å². The number of phenolic OH excluding ortho intramolecular Hbond substituents is 4. The SMILES string of the molecule is O=C1/C(=C\c2ccc(O)c(O)c2)CCC/C1=C\c1ccc(O)c(O)c1. The van der Waals surface area contributed by atoms with Crippen LogP contribution >= 0.6 is 0 Å². The summed E-state index contributed by atoms with van der Waals surface area (Å²) in [5, 5.41) is 37.9. The van der Waals surface area contributed by atoms with Crippen molar-refractivity contribution in [2.24, 2.45) is 0 Å². The molecular formula is C20H18O5. The molecule has 0 atom stereocenters. The second-order valence-corrected chi connectivity index (χ2v) is 6.02. The quantitative estimate of drug-likeness (QED) is 0.494. The summed E-state index contributed by atoms with van der Waals surface area (Å²) in [5.74, 6) is -0.943. The van der Waals surface area contributed by atoms with Crippen LogP contribution in [0, 0.1) is 0 Å². The van der Waals surface area contributed by atoms with E-state index in [1.165, 1.54) is 24.3 Å². The van der Waals surface area contributed by atoms with Crippen LogP contribution in [-0.2, 0) is 4.79 Å². The van der Waals surface area contributed by atoms with E-state index in [4.69, 9.17) is 0 Å². The Balaban J connectivity index is 1.89. The lowest BCUT2D eigenvalue weighted by atomic mass is 9.87. The van der Waals surface area contributed by atoms with Crippen molar-refractivity contribution in [3.63, 3.8) is 0 Å². The van der Waals surface area contributed by atoms with Gasteiger partial charge in [0.15, 0.2) is 28.8 Å². The number of hydrogen-bond acceptors (Lipinski definition) is 5. The standard InChI is InChI=1S/C20H18O5/c21-16-6-4-12(10-18(16)23)8-14-2-1-3-15(20(14)25)9-13-5-7-17(22)19(24)11-13/h4-11,21-24H,1-3H2/b14-8-,15-9+. The molecule has 1 aliphatic carbocycles. The second-order valence-electron chi connectivity index (χ2n) is 6.02. The number of benzene rings is 2. The van der Waals surface area contributed by atoms with Crippen LogP contribution < -0.4 is 0 Å². The molecule has 3 rings (SSSR count). The van der Waals surface area contributed by atoms with Crippen LogP contribution in [-0.4, -0.2) is 26.2 Å². The van der Waals surface area contributed by atoms with Gasteiger partial charge in [-0.3, -0.25) is 4.79 Å². The maximum atomic E-state index is 12.7. The molecule has 2 aromatic carbocycles. The van der Waals surface area contributed by atoms with Crippen molar-refractivity contribution in [3.05, 3.63) is 58.7 Å². The lowest BCUT2D eigenvalue weighted by molar-refractivity contribution is -0.112. The maximum Gasteiger partial charge on any atom is 0.185 e. The molecule has 0 aliphatic heterocycles. The lowest BCUT2D eigenvalue weighted by Gasteiger charge is -2.16. The van der Waals surface area contributed by atoms with Gasteiger partial charge in [0.2, 0.25) is 0 Å². The molecule has 4 N–H and O–H groups in total. The van der Waals surface area contributed by atoms with Gasteiger partial charge in [0.25, 0.3) is 0 Å². The van der Waals surface area contributed by atoms with E-state index in [1.54, 1.807) is 24.3 Å². The first-order chi connectivity index (χ1) is 11.9. The highest BCUT2D eigenvalue weighted by molar-refractivity contribution is 6.14. The summed E-state index contributed by atoms with van der Waals surface area (Å²) in [5.41, 5.74) is 2.54. The number of ketones is 1. The van der Waals surface area contributed by atoms with Gasteiger partial charge in [-0.15, -0.1) is 0 Å². The van der Waals surface area contributed by atoms with Crippen LogP contribution in [0.3, 0.4) is 0 Å². The van der Waals surface area contributed by atoms with E-state index < -0.39 is 0 Å². The molecule has 2 aromatic rings. The van der Waals surface area contributed by atoms with Gasteiger partial charge in [-0.1, -0.05) is 12.1 Å². The highest BCUT2D eigenvalue weighted by Gasteiger charge is 2.20. The summed E-state index contributed by atoms with van der Waals surface area (Å²) in [6, 6.07) is 8.84. The topological polar surface area (TPSA) is 98.0 Å². The van der Waals surface area contributed by atoms with E-state index in [-0.39, 0.29) is 28.8 Å². The van der Waals surface area contributed by atoms with Crippen LogP contribution in [0.2, 0.25) is 0 Å². The van der Waals surface area contributed by atoms with Crippen LogP contribution in [0.1, 0.15) is 30.4 Å². The van der Waals surface area contributed by atoms with Gasteiger partial charge in [-0.2, -0.15) is 0 Å². The molecule has 25 heavy (non-hydrogen) atoms. The Hall–Kier alpha value is -3.21. The molecule has 5 nitrogen and oxygen atoms in total. The number of phenols is 4. The zero-order valence-corrected chi connectivity index (χ0v) is 13.4. The summed E-state index contributed by atoms with van der Waals surface area (Å²) in [4.78, 5) is 12.7. The fourth-order valence-electron chi connectivity index (χ4n) is 2.84. The molecule has 0 unspecified atom stereocenters. The Morgan fingerprint density at radius 3 is 1.52 bits per heavy atom. The van der Waals surface area contributed by atoms with Gasteiger partial charge in [0, 0.05) is 11.1 Å². The van der Waals surface area contributed by atoms with Crippen molar-refractivity contribution in [1.82, 2.24) is 0 Å². The molecule has 0 amide bonds. The number of rotatable bonds is 2. The van der Waals surface area contributed by atoms with E-state index in [0.29, 0.717) is 35.1 Å². The maximum absolute atomic E-state index is 12.7. The fraction of sp³-hybridized carbons (Fsp3) is 0.150. The second kappa shape index (κ2) is 6.73. The van der Waals surface area contributed by atoms with Crippen molar-refractivity contribution in [3.8, 4) is 23.0 Å². The van der Waals surface area contributed by atoms with Gasteiger partial charge < -0.3 is 20.4 Å². The average Bonchev–Trinajstić information content (AvgIpc) is 2.58. The molecule has 0 spiro atoms. The van der Waals surface area contributed by atoms with Crippen LogP contribution in [0.4, 0.5) is 0 Å². The summed E-state index contributed by atoms with van der Waals surface area (Å²) in [6.07, 6.45) is 5.51. The minimum absolute atomic E-state index is 0.0774. The predicted molar refractivity (Wildman–Crippen MR) is 94.4 cm³/mol. The average molecular weight is 338 g/mol. The van der Waals surface area contributed by atoms with Crippen molar-refractivity contribution in [1.29, 1.82) is 0 Å². The number of hydrogen-bond donors (Lipinski definition) is 4. The van der Waals surface area contributed by atoms with Crippen LogP contribution in [0.25, 0.3) is 12.2 Å². The van der Waals surface area contributed by atoms with Gasteiger partial charge in [-0.05, 0) is 66.8 Å². The highest BCUT2D eigenvalue weighted by atomic mass is 16.3. The molecular weight excluding hydrogens is 320 g/mol. The molecule has 1 fully saturated rings. The molecule has 0 radical (unpaired) electrons. The Bertz CT molecular complexity index is 821. The zero-order valence-electron chi connectivity index (χ0n) is 13.4. The minimum Gasteiger partial charge on any atom is -0.504 e. The van der Waals surface area contributed by atoms with E-state index in [9.17, 15) is 25.2 Å². The van der Waals surface area contributed by atoms with Crippen molar-refractivity contribution < 1.29 is 25.2 Å². The predicted octanol–water partition coefficient (Wildman–Crippen LogP) is 3.73. The van der Waals surface area contributed by atoms with E-state index in [2.05, 4.69) is 0 Å². The number of carbonyl (C=O) groups is 1. The Kier molecular flexibility index (Phi) is 4.48. The summed E-state index contributed by atoms with van der Waals surface area (Å²) in [6.45, 7) is 0. The van der Waals surface area contributed by atoms with Gasteiger partial charge in [-0.25, -0.2) is 0 Å². The number of aromatic hydroxyl groups is 4. The summed E-state index contributed by atoms with van der Waals surface area (Å²) >= 11 is 0. The first-order valence-corrected chi connectivity index (χ1v) is 7.94. The monoisotopic (exact) mass is 338 g/mol. The first-order valence-electron chi connectivity index (χ1n) is 7.94. The van der Waals surface area contributed by atoms with Crippen molar-refractivity contribution in [2.45, 2.75) is 19.3 Å². The molecule has 128 valence electrons. The number of allylic oxidation sites excluding steroid dienone is 2. The fourth-order valence-corrected chi connectivity index (χ4v) is 2.84. The Morgan fingerprint density at radius 1 is 0.680 bits per heavy atom. The Morgan fingerprint density at radius 2 is 1.12 bits per heavy atom. The third-order valence-electron chi connectivity index (χ3n) is 4.16. The third-order valence-corrected chi connectivity index (χ3v) is 4.16. The van der Waals surface area contributed by atoms with Gasteiger partial charge >= 0.3 is 0 Å². The van der Waals surface area contributed by atoms with Gasteiger partial charge in [0.05, 0.1) is 0 Å². The molecule has 1 aliphatic rings. The van der Waals surface area contributed by atoms with Crippen LogP contribution in [0.15, 0.2) is 47.5 Å². The summed E-state index contributed by atoms with van der Waals surface area (Å²) < 4.78 is 0. The third kappa shape index (κ3) is 3.66. The molecule has 5 heteroatoms. The molecule has 0 bridgehead atoms.